The van der Waals surface area contributed by atoms with Gasteiger partial charge in [-0.25, -0.2) is 0 Å². The number of aliphatic hydroxyl groups excluding tert-OH is 1. The number of rotatable bonds is 2. The minimum atomic E-state index is -0.162. The van der Waals surface area contributed by atoms with Crippen molar-refractivity contribution in [2.24, 2.45) is 0 Å². The lowest BCUT2D eigenvalue weighted by Crippen LogP contribution is -2.25. The Labute approximate surface area is 55.0 Å². The first-order valence-electron chi connectivity index (χ1n) is 3.23. The van der Waals surface area contributed by atoms with Crippen molar-refractivity contribution >= 4 is 0 Å². The lowest BCUT2D eigenvalue weighted by atomic mass is 10.2. The van der Waals surface area contributed by atoms with Crippen LogP contribution < -0.4 is 5.32 Å². The second-order valence-electron chi connectivity index (χ2n) is 2.45. The molecule has 1 rings (SSSR count). The van der Waals surface area contributed by atoms with Crippen LogP contribution in [0.4, 0.5) is 0 Å². The van der Waals surface area contributed by atoms with Gasteiger partial charge in [0.1, 0.15) is 0 Å². The van der Waals surface area contributed by atoms with Crippen LogP contribution in [0.5, 0.6) is 0 Å². The summed E-state index contributed by atoms with van der Waals surface area (Å²) in [5, 5.41) is 12.1. The third-order valence-electron chi connectivity index (χ3n) is 1.57. The van der Waals surface area contributed by atoms with E-state index in [1.165, 1.54) is 0 Å². The van der Waals surface area contributed by atoms with Crippen LogP contribution in [0.2, 0.25) is 0 Å². The molecule has 3 nitrogen and oxygen atoms in total. The molecule has 3 heteroatoms. The maximum absolute atomic E-state index is 9.01. The first-order chi connectivity index (χ1) is 4.33. The quantitative estimate of drug-likeness (QED) is 0.523. The zero-order valence-electron chi connectivity index (χ0n) is 5.63. The van der Waals surface area contributed by atoms with Gasteiger partial charge in [-0.15, -0.1) is 0 Å². The van der Waals surface area contributed by atoms with Crippen LogP contribution in [0, 0.1) is 0 Å². The molecule has 0 radical (unpaired) electrons. The number of β-amino-alcohol motifs (C(OH)–C–C–N with tert-alkyl or cyclic N) is 1. The van der Waals surface area contributed by atoms with Crippen LogP contribution in [0.15, 0.2) is 0 Å². The Morgan fingerprint density at radius 1 is 1.78 bits per heavy atom. The Kier molecular flexibility index (Phi) is 2.45. The minimum absolute atomic E-state index is 0.162. The van der Waals surface area contributed by atoms with Gasteiger partial charge in [0, 0.05) is 19.7 Å². The fourth-order valence-corrected chi connectivity index (χ4v) is 1.13. The van der Waals surface area contributed by atoms with Crippen LogP contribution >= 0.6 is 0 Å². The molecule has 54 valence electrons. The number of ether oxygens (including phenoxy) is 1. The summed E-state index contributed by atoms with van der Waals surface area (Å²) >= 11 is 0. The van der Waals surface area contributed by atoms with Gasteiger partial charge in [0.25, 0.3) is 0 Å². The van der Waals surface area contributed by atoms with Gasteiger partial charge in [0.2, 0.25) is 0 Å². The van der Waals surface area contributed by atoms with E-state index >= 15 is 0 Å². The molecule has 0 aromatic rings. The van der Waals surface area contributed by atoms with Gasteiger partial charge in [-0.2, -0.15) is 0 Å². The van der Waals surface area contributed by atoms with E-state index in [1.54, 1.807) is 7.11 Å². The topological polar surface area (TPSA) is 41.5 Å². The van der Waals surface area contributed by atoms with Crippen molar-refractivity contribution in [3.8, 4) is 0 Å². The van der Waals surface area contributed by atoms with Crippen molar-refractivity contribution in [2.75, 3.05) is 20.3 Å². The Hall–Kier alpha value is -0.120. The summed E-state index contributed by atoms with van der Waals surface area (Å²) in [5.74, 6) is 0. The van der Waals surface area contributed by atoms with Gasteiger partial charge >= 0.3 is 0 Å². The van der Waals surface area contributed by atoms with Crippen molar-refractivity contribution in [3.63, 3.8) is 0 Å². The van der Waals surface area contributed by atoms with Crippen LogP contribution in [0.25, 0.3) is 0 Å². The van der Waals surface area contributed by atoms with Crippen molar-refractivity contribution in [2.45, 2.75) is 18.6 Å². The summed E-state index contributed by atoms with van der Waals surface area (Å²) in [6.07, 6.45) is 0.665. The van der Waals surface area contributed by atoms with Gasteiger partial charge in [-0.05, 0) is 6.42 Å². The monoisotopic (exact) mass is 131 g/mol. The molecule has 0 aromatic carbocycles. The highest BCUT2D eigenvalue weighted by Crippen LogP contribution is 2.05. The lowest BCUT2D eigenvalue weighted by Gasteiger charge is -2.06. The summed E-state index contributed by atoms with van der Waals surface area (Å²) in [4.78, 5) is 0. The van der Waals surface area contributed by atoms with Crippen LogP contribution in [-0.2, 0) is 4.74 Å². The van der Waals surface area contributed by atoms with E-state index in [4.69, 9.17) is 9.84 Å². The fourth-order valence-electron chi connectivity index (χ4n) is 1.13. The molecule has 1 saturated heterocycles. The number of hydrogen-bond donors (Lipinski definition) is 2. The highest BCUT2D eigenvalue weighted by Gasteiger charge is 2.20. The molecular formula is C6H13NO2. The summed E-state index contributed by atoms with van der Waals surface area (Å²) in [7, 11) is 1.67. The standard InChI is InChI=1S/C6H13NO2/c1-9-4-5-2-6(8)3-7-5/h5-8H,2-4H2,1H3/t5-,6?/m1/s1. The molecule has 0 spiro atoms. The van der Waals surface area contributed by atoms with Crippen molar-refractivity contribution < 1.29 is 9.84 Å². The summed E-state index contributed by atoms with van der Waals surface area (Å²) in [6, 6.07) is 0.366. The molecule has 0 aliphatic carbocycles. The smallest absolute Gasteiger partial charge is 0.0680 e. The molecule has 9 heavy (non-hydrogen) atoms. The molecule has 0 bridgehead atoms. The zero-order chi connectivity index (χ0) is 6.69. The third-order valence-corrected chi connectivity index (χ3v) is 1.57. The molecule has 0 aromatic heterocycles. The van der Waals surface area contributed by atoms with Crippen LogP contribution in [0.1, 0.15) is 6.42 Å². The van der Waals surface area contributed by atoms with Gasteiger partial charge in [0.15, 0.2) is 0 Å². The molecule has 1 aliphatic heterocycles. The number of hydrogen-bond acceptors (Lipinski definition) is 3. The second-order valence-corrected chi connectivity index (χ2v) is 2.45. The molecular weight excluding hydrogens is 118 g/mol. The Morgan fingerprint density at radius 3 is 3.00 bits per heavy atom. The van der Waals surface area contributed by atoms with Crippen LogP contribution in [-0.4, -0.2) is 37.5 Å². The highest BCUT2D eigenvalue weighted by atomic mass is 16.5. The van der Waals surface area contributed by atoms with Crippen molar-refractivity contribution in [1.29, 1.82) is 0 Å². The van der Waals surface area contributed by atoms with E-state index in [9.17, 15) is 0 Å². The van der Waals surface area contributed by atoms with Gasteiger partial charge in [-0.1, -0.05) is 0 Å². The molecule has 1 heterocycles. The zero-order valence-corrected chi connectivity index (χ0v) is 5.63. The SMILES string of the molecule is COC[C@H]1CC(O)CN1. The van der Waals surface area contributed by atoms with Gasteiger partial charge in [-0.3, -0.25) is 0 Å². The third kappa shape index (κ3) is 1.93. The number of nitrogens with one attached hydrogen (secondary N) is 1. The van der Waals surface area contributed by atoms with Crippen molar-refractivity contribution in [1.82, 2.24) is 5.32 Å². The summed E-state index contributed by atoms with van der Waals surface area (Å²) < 4.78 is 4.90. The van der Waals surface area contributed by atoms with Crippen molar-refractivity contribution in [3.05, 3.63) is 0 Å². The maximum atomic E-state index is 9.01. The Balaban J connectivity index is 2.14. The van der Waals surface area contributed by atoms with E-state index in [0.717, 1.165) is 6.42 Å². The first kappa shape index (κ1) is 6.99. The molecule has 2 N–H and O–H groups in total. The Morgan fingerprint density at radius 2 is 2.56 bits per heavy atom. The van der Waals surface area contributed by atoms with E-state index in [-0.39, 0.29) is 6.10 Å². The maximum Gasteiger partial charge on any atom is 0.0680 e. The molecule has 0 saturated carbocycles. The summed E-state index contributed by atoms with van der Waals surface area (Å²) in [5.41, 5.74) is 0. The van der Waals surface area contributed by atoms with E-state index < -0.39 is 0 Å². The molecule has 1 aliphatic rings. The summed E-state index contributed by atoms with van der Waals surface area (Å²) in [6.45, 7) is 1.42. The second kappa shape index (κ2) is 3.15. The number of aliphatic hydroxyl groups is 1. The predicted octanol–water partition coefficient (Wildman–Crippen LogP) is -0.644. The van der Waals surface area contributed by atoms with Gasteiger partial charge < -0.3 is 15.2 Å². The highest BCUT2D eigenvalue weighted by molar-refractivity contribution is 4.80. The molecule has 1 unspecified atom stereocenters. The average molecular weight is 131 g/mol. The molecule has 2 atom stereocenters. The molecule has 1 fully saturated rings. The Bertz CT molecular complexity index is 85.1. The minimum Gasteiger partial charge on any atom is -0.392 e. The largest absolute Gasteiger partial charge is 0.392 e. The van der Waals surface area contributed by atoms with E-state index in [1.807, 2.05) is 0 Å². The predicted molar refractivity (Wildman–Crippen MR) is 34.3 cm³/mol. The van der Waals surface area contributed by atoms with E-state index in [2.05, 4.69) is 5.32 Å². The normalized spacial score (nSPS) is 35.3. The lowest BCUT2D eigenvalue weighted by molar-refractivity contribution is 0.157. The molecule has 0 amide bonds. The van der Waals surface area contributed by atoms with Crippen LogP contribution in [0.3, 0.4) is 0 Å². The first-order valence-corrected chi connectivity index (χ1v) is 3.23. The fraction of sp³-hybridized carbons (Fsp3) is 1.00. The average Bonchev–Trinajstić information content (AvgIpc) is 2.17. The number of methoxy groups -OCH3 is 1. The van der Waals surface area contributed by atoms with E-state index in [0.29, 0.717) is 19.2 Å². The van der Waals surface area contributed by atoms with Gasteiger partial charge in [0.05, 0.1) is 12.7 Å².